The van der Waals surface area contributed by atoms with E-state index in [9.17, 15) is 13.2 Å². The summed E-state index contributed by atoms with van der Waals surface area (Å²) in [5.74, 6) is 1.78. The fraction of sp³-hybridized carbons (Fsp3) is 0.289. The molecule has 0 radical (unpaired) electrons. The first-order chi connectivity index (χ1) is 24.7. The van der Waals surface area contributed by atoms with Crippen LogP contribution in [-0.2, 0) is 38.8 Å². The molecular weight excluding hydrogens is 689 g/mol. The van der Waals surface area contributed by atoms with Gasteiger partial charge in [-0.15, -0.1) is 11.3 Å². The van der Waals surface area contributed by atoms with Crippen molar-refractivity contribution in [3.63, 3.8) is 0 Å². The SMILES string of the molecule is CCc1cc2[nH]c(=O)c(Cc3ccc(-c4ccsc4S(=O)(=O)N(COCCOC)c4noc(C)c4C)cc3)c(Oc3ccccc3)c2c(CC)n1. The van der Waals surface area contributed by atoms with Gasteiger partial charge in [-0.2, -0.15) is 0 Å². The molecule has 1 N–H and O–H groups in total. The minimum Gasteiger partial charge on any atom is -0.456 e. The zero-order chi connectivity index (χ0) is 36.1. The highest BCUT2D eigenvalue weighted by molar-refractivity contribution is 7.94. The van der Waals surface area contributed by atoms with Crippen LogP contribution in [0.4, 0.5) is 5.82 Å². The number of aromatic amines is 1. The summed E-state index contributed by atoms with van der Waals surface area (Å²) in [6.07, 6.45) is 1.67. The van der Waals surface area contributed by atoms with E-state index in [2.05, 4.69) is 10.1 Å². The average Bonchev–Trinajstić information content (AvgIpc) is 3.77. The van der Waals surface area contributed by atoms with Gasteiger partial charge < -0.3 is 23.7 Å². The number of thiophene rings is 1. The van der Waals surface area contributed by atoms with Gasteiger partial charge in [0.2, 0.25) is 0 Å². The highest BCUT2D eigenvalue weighted by atomic mass is 32.2. The third kappa shape index (κ3) is 7.47. The topological polar surface area (TPSA) is 137 Å². The third-order valence-corrected chi connectivity index (χ3v) is 11.8. The van der Waals surface area contributed by atoms with Gasteiger partial charge in [0.05, 0.1) is 35.4 Å². The van der Waals surface area contributed by atoms with Crippen LogP contribution in [0.15, 0.2) is 85.6 Å². The monoisotopic (exact) mass is 728 g/mol. The van der Waals surface area contributed by atoms with Gasteiger partial charge in [0.1, 0.15) is 28.2 Å². The Morgan fingerprint density at radius 1 is 0.980 bits per heavy atom. The van der Waals surface area contributed by atoms with E-state index in [-0.39, 0.29) is 35.3 Å². The second kappa shape index (κ2) is 15.6. The maximum absolute atomic E-state index is 14.2. The summed E-state index contributed by atoms with van der Waals surface area (Å²) in [4.78, 5) is 21.7. The molecule has 0 spiro atoms. The molecule has 2 aromatic carbocycles. The molecule has 0 amide bonds. The second-order valence-corrected chi connectivity index (χ2v) is 14.9. The first kappa shape index (κ1) is 36.0. The van der Waals surface area contributed by atoms with Crippen LogP contribution < -0.4 is 14.6 Å². The molecule has 0 saturated heterocycles. The van der Waals surface area contributed by atoms with Crippen molar-refractivity contribution in [2.24, 2.45) is 0 Å². The molecule has 0 unspecified atom stereocenters. The molecule has 13 heteroatoms. The number of aryl methyl sites for hydroxylation is 3. The summed E-state index contributed by atoms with van der Waals surface area (Å²) < 4.78 is 52.3. The molecular formula is C38H40N4O7S2. The van der Waals surface area contributed by atoms with Crippen molar-refractivity contribution in [3.8, 4) is 22.6 Å². The van der Waals surface area contributed by atoms with Crippen molar-refractivity contribution in [2.45, 2.75) is 51.2 Å². The van der Waals surface area contributed by atoms with Crippen LogP contribution in [0.2, 0.25) is 0 Å². The lowest BCUT2D eigenvalue weighted by Gasteiger charge is -2.22. The number of para-hydroxylation sites is 1. The van der Waals surface area contributed by atoms with Crippen LogP contribution in [0.3, 0.4) is 0 Å². The normalized spacial score (nSPS) is 11.7. The van der Waals surface area contributed by atoms with Crippen LogP contribution >= 0.6 is 11.3 Å². The Morgan fingerprint density at radius 3 is 2.41 bits per heavy atom. The molecule has 0 saturated carbocycles. The third-order valence-electron chi connectivity index (χ3n) is 8.64. The molecule has 6 aromatic rings. The van der Waals surface area contributed by atoms with E-state index >= 15 is 0 Å². The Morgan fingerprint density at radius 2 is 1.75 bits per heavy atom. The van der Waals surface area contributed by atoms with E-state index in [0.29, 0.717) is 58.1 Å². The number of methoxy groups -OCH3 is 1. The maximum Gasteiger partial charge on any atom is 0.277 e. The van der Waals surface area contributed by atoms with Gasteiger partial charge in [-0.25, -0.2) is 12.7 Å². The molecule has 51 heavy (non-hydrogen) atoms. The van der Waals surface area contributed by atoms with E-state index in [0.717, 1.165) is 44.4 Å². The van der Waals surface area contributed by atoms with Gasteiger partial charge in [-0.1, -0.05) is 61.5 Å². The zero-order valence-electron chi connectivity index (χ0n) is 29.2. The summed E-state index contributed by atoms with van der Waals surface area (Å²) in [6, 6.07) is 20.6. The number of anilines is 1. The minimum atomic E-state index is -4.12. The Hall–Kier alpha value is -4.82. The number of sulfonamides is 1. The number of aromatic nitrogens is 3. The number of ether oxygens (including phenoxy) is 3. The van der Waals surface area contributed by atoms with Crippen molar-refractivity contribution >= 4 is 38.1 Å². The van der Waals surface area contributed by atoms with Crippen molar-refractivity contribution in [1.29, 1.82) is 0 Å². The number of nitrogens with one attached hydrogen (secondary N) is 1. The number of nitrogens with zero attached hydrogens (tertiary/aromatic N) is 3. The number of fused-ring (bicyclic) bond motifs is 1. The fourth-order valence-electron chi connectivity index (χ4n) is 5.76. The predicted molar refractivity (Wildman–Crippen MR) is 199 cm³/mol. The Balaban J connectivity index is 1.36. The van der Waals surface area contributed by atoms with Crippen LogP contribution in [0.25, 0.3) is 22.0 Å². The average molecular weight is 729 g/mol. The van der Waals surface area contributed by atoms with Crippen LogP contribution in [-0.4, -0.2) is 50.6 Å². The maximum atomic E-state index is 14.2. The number of benzene rings is 2. The van der Waals surface area contributed by atoms with Gasteiger partial charge in [0.15, 0.2) is 5.82 Å². The number of rotatable bonds is 15. The van der Waals surface area contributed by atoms with E-state index in [4.69, 9.17) is 23.7 Å². The fourth-order valence-corrected chi connectivity index (χ4v) is 8.60. The van der Waals surface area contributed by atoms with Gasteiger partial charge >= 0.3 is 0 Å². The zero-order valence-corrected chi connectivity index (χ0v) is 30.8. The van der Waals surface area contributed by atoms with E-state index in [1.807, 2.05) is 74.5 Å². The van der Waals surface area contributed by atoms with E-state index < -0.39 is 10.0 Å². The first-order valence-corrected chi connectivity index (χ1v) is 19.0. The van der Waals surface area contributed by atoms with Gasteiger partial charge in [-0.3, -0.25) is 9.78 Å². The molecule has 4 heterocycles. The van der Waals surface area contributed by atoms with Gasteiger partial charge in [0, 0.05) is 30.4 Å². The standard InChI is InChI=1S/C38H40N4O7S2/c1-6-28-22-33-34(32(7-2)39-28)35(48-29-11-9-8-10-12-29)31(37(43)40-33)21-26-13-15-27(16-14-26)30-17-20-50-38(30)51(44,45)42(23-47-19-18-46-5)36-24(3)25(4)49-41-36/h8-17,20,22H,6-7,18-19,21,23H2,1-5H3,(H,40,43). The molecule has 6 rings (SSSR count). The summed E-state index contributed by atoms with van der Waals surface area (Å²) in [7, 11) is -2.58. The van der Waals surface area contributed by atoms with Crippen molar-refractivity contribution in [1.82, 2.24) is 15.1 Å². The molecule has 0 atom stereocenters. The molecule has 11 nitrogen and oxygen atoms in total. The number of hydrogen-bond donors (Lipinski definition) is 1. The van der Waals surface area contributed by atoms with Crippen molar-refractivity contribution in [2.75, 3.05) is 31.4 Å². The molecule has 0 aliphatic heterocycles. The highest BCUT2D eigenvalue weighted by Gasteiger charge is 2.33. The number of pyridine rings is 2. The molecule has 4 aromatic heterocycles. The van der Waals surface area contributed by atoms with Crippen molar-refractivity contribution in [3.05, 3.63) is 116 Å². The lowest BCUT2D eigenvalue weighted by molar-refractivity contribution is 0.0753. The molecule has 266 valence electrons. The highest BCUT2D eigenvalue weighted by Crippen LogP contribution is 2.38. The number of hydrogen-bond acceptors (Lipinski definition) is 10. The Kier molecular flexibility index (Phi) is 11.0. The minimum absolute atomic E-state index is 0.140. The lowest BCUT2D eigenvalue weighted by Crippen LogP contribution is -2.34. The van der Waals surface area contributed by atoms with Crippen LogP contribution in [0.5, 0.6) is 11.5 Å². The summed E-state index contributed by atoms with van der Waals surface area (Å²) in [5.41, 5.74) is 5.34. The lowest BCUT2D eigenvalue weighted by atomic mass is 9.99. The van der Waals surface area contributed by atoms with Crippen LogP contribution in [0, 0.1) is 13.8 Å². The molecule has 0 aliphatic carbocycles. The van der Waals surface area contributed by atoms with Crippen molar-refractivity contribution < 1.29 is 27.2 Å². The van der Waals surface area contributed by atoms with E-state index in [1.165, 1.54) is 0 Å². The second-order valence-electron chi connectivity index (χ2n) is 11.9. The smallest absolute Gasteiger partial charge is 0.277 e. The molecule has 0 fully saturated rings. The van der Waals surface area contributed by atoms with Crippen LogP contribution in [0.1, 0.15) is 47.7 Å². The summed E-state index contributed by atoms with van der Waals surface area (Å²) in [5, 5.41) is 6.57. The summed E-state index contributed by atoms with van der Waals surface area (Å²) in [6.45, 7) is 7.80. The first-order valence-electron chi connectivity index (χ1n) is 16.7. The molecule has 0 aliphatic rings. The van der Waals surface area contributed by atoms with Gasteiger partial charge in [0.25, 0.3) is 15.6 Å². The Labute approximate surface area is 300 Å². The van der Waals surface area contributed by atoms with Gasteiger partial charge in [-0.05, 0) is 67.5 Å². The largest absolute Gasteiger partial charge is 0.456 e. The quantitative estimate of drug-likeness (QED) is 0.0838. The molecule has 0 bridgehead atoms. The predicted octanol–water partition coefficient (Wildman–Crippen LogP) is 7.58. The van der Waals surface area contributed by atoms with E-state index in [1.54, 1.807) is 32.4 Å². The number of H-pyrrole nitrogens is 1. The summed E-state index contributed by atoms with van der Waals surface area (Å²) >= 11 is 1.11. The Bertz CT molecular complexity index is 2300.